The third-order valence-corrected chi connectivity index (χ3v) is 2.10. The van der Waals surface area contributed by atoms with Crippen molar-refractivity contribution in [2.45, 2.75) is 45.8 Å². The largest absolute Gasteiger partial charge is 0.460 e. The second kappa shape index (κ2) is 7.48. The molecule has 0 aromatic carbocycles. The number of carbonyl (C=O) groups excluding carboxylic acids is 2. The lowest BCUT2D eigenvalue weighted by atomic mass is 10.1. The summed E-state index contributed by atoms with van der Waals surface area (Å²) in [5, 5.41) is 0. The molecule has 0 heterocycles. The summed E-state index contributed by atoms with van der Waals surface area (Å²) in [6.45, 7) is 8.17. The number of nitrogens with zero attached hydrogens (tertiary/aromatic N) is 1. The molecule has 0 fully saturated rings. The Bertz CT molecular complexity index is 281. The average molecular weight is 259 g/mol. The Balaban J connectivity index is 3.97. The Morgan fingerprint density at radius 3 is 2.22 bits per heavy atom. The minimum Gasteiger partial charge on any atom is -0.460 e. The van der Waals surface area contributed by atoms with Gasteiger partial charge in [-0.05, 0) is 41.8 Å². The van der Waals surface area contributed by atoms with Gasteiger partial charge in [0.05, 0.1) is 6.61 Å². The fraction of sp³-hybridized carbons (Fsp3) is 0.846. The first-order valence-corrected chi connectivity index (χ1v) is 6.12. The van der Waals surface area contributed by atoms with Crippen molar-refractivity contribution in [1.29, 1.82) is 0 Å². The molecule has 1 unspecified atom stereocenters. The van der Waals surface area contributed by atoms with Crippen molar-refractivity contribution in [1.82, 2.24) is 4.90 Å². The molecule has 0 aromatic rings. The van der Waals surface area contributed by atoms with Gasteiger partial charge in [0.2, 0.25) is 0 Å². The summed E-state index contributed by atoms with van der Waals surface area (Å²) >= 11 is 0. The number of carbonyl (C=O) groups is 2. The van der Waals surface area contributed by atoms with Gasteiger partial charge in [-0.2, -0.15) is 0 Å². The number of likely N-dealkylation sites (N-methyl/N-ethyl adjacent to an activating group) is 1. The van der Waals surface area contributed by atoms with Crippen molar-refractivity contribution in [3.63, 3.8) is 0 Å². The van der Waals surface area contributed by atoms with E-state index in [-0.39, 0.29) is 12.2 Å². The number of hydrogen-bond acceptors (Lipinski definition) is 5. The minimum absolute atomic E-state index is 0.236. The summed E-state index contributed by atoms with van der Waals surface area (Å²) in [7, 11) is 3.85. The molecule has 0 aromatic heterocycles. The number of hydrogen-bond donors (Lipinski definition) is 0. The second-order valence-electron chi connectivity index (χ2n) is 5.55. The topological polar surface area (TPSA) is 55.8 Å². The van der Waals surface area contributed by atoms with Crippen LogP contribution in [-0.2, 0) is 19.1 Å². The van der Waals surface area contributed by atoms with Gasteiger partial charge in [-0.25, -0.2) is 0 Å². The van der Waals surface area contributed by atoms with Crippen LogP contribution in [0.5, 0.6) is 0 Å². The number of Topliss-reactive ketones (excluding diaryl/α,β-unsaturated/α-hetero) is 1. The van der Waals surface area contributed by atoms with Crippen LogP contribution in [0, 0.1) is 0 Å². The van der Waals surface area contributed by atoms with Crippen molar-refractivity contribution < 1.29 is 19.1 Å². The molecule has 0 rings (SSSR count). The lowest BCUT2D eigenvalue weighted by Gasteiger charge is -2.20. The lowest BCUT2D eigenvalue weighted by Crippen LogP contribution is -2.30. The molecule has 0 bridgehead atoms. The van der Waals surface area contributed by atoms with Gasteiger partial charge in [-0.3, -0.25) is 9.59 Å². The molecule has 5 nitrogen and oxygen atoms in total. The van der Waals surface area contributed by atoms with Crippen molar-refractivity contribution in [3.05, 3.63) is 0 Å². The summed E-state index contributed by atoms with van der Waals surface area (Å²) in [4.78, 5) is 25.1. The predicted octanol–water partition coefficient (Wildman–Crippen LogP) is 1.25. The van der Waals surface area contributed by atoms with Crippen molar-refractivity contribution in [2.75, 3.05) is 27.2 Å². The molecule has 0 aliphatic rings. The Morgan fingerprint density at radius 1 is 1.22 bits per heavy atom. The van der Waals surface area contributed by atoms with E-state index in [9.17, 15) is 9.59 Å². The van der Waals surface area contributed by atoms with Crippen molar-refractivity contribution in [2.24, 2.45) is 0 Å². The highest BCUT2D eigenvalue weighted by Gasteiger charge is 2.22. The smallest absolute Gasteiger partial charge is 0.313 e. The highest BCUT2D eigenvalue weighted by Crippen LogP contribution is 2.09. The van der Waals surface area contributed by atoms with E-state index < -0.39 is 17.7 Å². The Morgan fingerprint density at radius 2 is 1.78 bits per heavy atom. The Kier molecular flexibility index (Phi) is 7.09. The zero-order valence-electron chi connectivity index (χ0n) is 12.3. The maximum Gasteiger partial charge on any atom is 0.313 e. The average Bonchev–Trinajstić information content (AvgIpc) is 2.13. The summed E-state index contributed by atoms with van der Waals surface area (Å²) < 4.78 is 10.4. The normalized spacial score (nSPS) is 13.5. The number of ether oxygens (including phenoxy) is 2. The molecular formula is C13H25NO4. The molecule has 0 spiro atoms. The number of esters is 1. The van der Waals surface area contributed by atoms with Gasteiger partial charge in [0.25, 0.3) is 0 Å². The minimum atomic E-state index is -0.572. The molecule has 1 atom stereocenters. The summed E-state index contributed by atoms with van der Waals surface area (Å²) in [6, 6.07) is 0. The highest BCUT2D eigenvalue weighted by atomic mass is 16.6. The van der Waals surface area contributed by atoms with Gasteiger partial charge < -0.3 is 14.4 Å². The summed E-state index contributed by atoms with van der Waals surface area (Å²) in [6.07, 6.45) is -0.808. The van der Waals surface area contributed by atoms with Crippen LogP contribution in [0.15, 0.2) is 0 Å². The standard InChI is InChI=1S/C13H25NO4/c1-10(17-8-7-14(5)6)11(15)9-12(16)18-13(2,3)4/h10H,7-9H2,1-6H3. The monoisotopic (exact) mass is 259 g/mol. The number of rotatable bonds is 7. The Hall–Kier alpha value is -0.940. The molecule has 0 aliphatic heterocycles. The van der Waals surface area contributed by atoms with E-state index in [4.69, 9.17) is 9.47 Å². The van der Waals surface area contributed by atoms with E-state index in [1.807, 2.05) is 19.0 Å². The zero-order valence-corrected chi connectivity index (χ0v) is 12.3. The van der Waals surface area contributed by atoms with Gasteiger partial charge in [0.15, 0.2) is 5.78 Å². The molecule has 0 aliphatic carbocycles. The van der Waals surface area contributed by atoms with Gasteiger partial charge >= 0.3 is 5.97 Å². The van der Waals surface area contributed by atoms with Crippen LogP contribution in [-0.4, -0.2) is 55.6 Å². The van der Waals surface area contributed by atoms with Crippen LogP contribution in [0.25, 0.3) is 0 Å². The third kappa shape index (κ3) is 9.13. The third-order valence-electron chi connectivity index (χ3n) is 2.10. The quantitative estimate of drug-likeness (QED) is 0.509. The van der Waals surface area contributed by atoms with E-state index in [0.29, 0.717) is 6.61 Å². The Labute approximate surface area is 109 Å². The molecule has 5 heteroatoms. The van der Waals surface area contributed by atoms with Crippen LogP contribution in [0.1, 0.15) is 34.1 Å². The van der Waals surface area contributed by atoms with Crippen molar-refractivity contribution >= 4 is 11.8 Å². The van der Waals surface area contributed by atoms with Crippen molar-refractivity contribution in [3.8, 4) is 0 Å². The zero-order chi connectivity index (χ0) is 14.3. The number of ketones is 1. The fourth-order valence-corrected chi connectivity index (χ4v) is 1.17. The predicted molar refractivity (Wildman–Crippen MR) is 69.4 cm³/mol. The first kappa shape index (κ1) is 17.1. The van der Waals surface area contributed by atoms with Gasteiger partial charge in [0.1, 0.15) is 18.1 Å². The molecule has 0 saturated heterocycles. The highest BCUT2D eigenvalue weighted by molar-refractivity contribution is 5.97. The van der Waals surface area contributed by atoms with Crippen LogP contribution in [0.4, 0.5) is 0 Å². The summed E-state index contributed by atoms with van der Waals surface area (Å²) in [5.74, 6) is -0.751. The van der Waals surface area contributed by atoms with E-state index in [0.717, 1.165) is 6.54 Å². The second-order valence-corrected chi connectivity index (χ2v) is 5.55. The van der Waals surface area contributed by atoms with Gasteiger partial charge in [-0.1, -0.05) is 0 Å². The molecule has 0 radical (unpaired) electrons. The fourth-order valence-electron chi connectivity index (χ4n) is 1.17. The first-order chi connectivity index (χ1) is 8.11. The molecule has 0 saturated carbocycles. The SMILES string of the molecule is CC(OCCN(C)C)C(=O)CC(=O)OC(C)(C)C. The van der Waals surface area contributed by atoms with E-state index in [1.165, 1.54) is 0 Å². The van der Waals surface area contributed by atoms with Gasteiger partial charge in [0, 0.05) is 6.54 Å². The van der Waals surface area contributed by atoms with Gasteiger partial charge in [-0.15, -0.1) is 0 Å². The first-order valence-electron chi connectivity index (χ1n) is 6.12. The van der Waals surface area contributed by atoms with Crippen LogP contribution >= 0.6 is 0 Å². The lowest BCUT2D eigenvalue weighted by molar-refractivity contribution is -0.157. The summed E-state index contributed by atoms with van der Waals surface area (Å²) in [5.41, 5.74) is -0.563. The van der Waals surface area contributed by atoms with E-state index in [1.54, 1.807) is 27.7 Å². The molecule has 0 amide bonds. The molecular weight excluding hydrogens is 234 g/mol. The van der Waals surface area contributed by atoms with E-state index in [2.05, 4.69) is 0 Å². The van der Waals surface area contributed by atoms with E-state index >= 15 is 0 Å². The molecule has 18 heavy (non-hydrogen) atoms. The van der Waals surface area contributed by atoms with Crippen LogP contribution in [0.3, 0.4) is 0 Å². The maximum atomic E-state index is 11.7. The van der Waals surface area contributed by atoms with Crippen LogP contribution in [0.2, 0.25) is 0 Å². The van der Waals surface area contributed by atoms with Crippen LogP contribution < -0.4 is 0 Å². The molecule has 0 N–H and O–H groups in total. The molecule has 106 valence electrons. The maximum absolute atomic E-state index is 11.7.